The number of halogens is 1. The van der Waals surface area contributed by atoms with Crippen LogP contribution in [0.3, 0.4) is 0 Å². The highest BCUT2D eigenvalue weighted by Gasteiger charge is 2.18. The van der Waals surface area contributed by atoms with Crippen molar-refractivity contribution < 1.29 is 0 Å². The fourth-order valence-corrected chi connectivity index (χ4v) is 3.27. The molecule has 0 aromatic carbocycles. The number of hydrogen-bond donors (Lipinski definition) is 1. The molecule has 4 nitrogen and oxygen atoms in total. The minimum Gasteiger partial charge on any atom is -0.311 e. The maximum atomic E-state index is 6.36. The molecule has 1 saturated heterocycles. The molecule has 1 N–H and O–H groups in total. The van der Waals surface area contributed by atoms with Crippen molar-refractivity contribution in [3.8, 4) is 0 Å². The average Bonchev–Trinajstić information content (AvgIpc) is 2.75. The van der Waals surface area contributed by atoms with Crippen LogP contribution in [0.5, 0.6) is 0 Å². The highest BCUT2D eigenvalue weighted by atomic mass is 35.5. The van der Waals surface area contributed by atoms with E-state index in [4.69, 9.17) is 11.6 Å². The van der Waals surface area contributed by atoms with Crippen molar-refractivity contribution >= 4 is 11.6 Å². The number of likely N-dealkylation sites (tertiary alicyclic amines) is 1. The fourth-order valence-electron chi connectivity index (χ4n) is 2.91. The second kappa shape index (κ2) is 7.43. The van der Waals surface area contributed by atoms with Gasteiger partial charge in [-0.3, -0.25) is 4.68 Å². The maximum Gasteiger partial charge on any atom is 0.0863 e. The Balaban J connectivity index is 1.78. The van der Waals surface area contributed by atoms with Crippen molar-refractivity contribution in [2.45, 2.75) is 39.7 Å². The molecule has 1 aromatic heterocycles. The summed E-state index contributed by atoms with van der Waals surface area (Å²) >= 11 is 6.36. The molecular formula is C15H27ClN4. The number of hydrogen-bond acceptors (Lipinski definition) is 3. The van der Waals surface area contributed by atoms with Crippen LogP contribution in [0.25, 0.3) is 0 Å². The molecule has 5 heteroatoms. The summed E-state index contributed by atoms with van der Waals surface area (Å²) in [6, 6.07) is 0. The lowest BCUT2D eigenvalue weighted by molar-refractivity contribution is 0.190. The number of rotatable bonds is 6. The summed E-state index contributed by atoms with van der Waals surface area (Å²) < 4.78 is 1.91. The molecule has 1 aromatic rings. The summed E-state index contributed by atoms with van der Waals surface area (Å²) in [5.41, 5.74) is 2.11. The molecule has 1 aliphatic heterocycles. The lowest BCUT2D eigenvalue weighted by atomic mass is 9.97. The Labute approximate surface area is 127 Å². The van der Waals surface area contributed by atoms with E-state index in [1.54, 1.807) is 0 Å². The minimum atomic E-state index is 0.801. The number of nitrogens with one attached hydrogen (secondary N) is 1. The Morgan fingerprint density at radius 2 is 2.00 bits per heavy atom. The second-order valence-electron chi connectivity index (χ2n) is 5.69. The van der Waals surface area contributed by atoms with Crippen LogP contribution >= 0.6 is 11.6 Å². The van der Waals surface area contributed by atoms with Crippen molar-refractivity contribution in [2.24, 2.45) is 13.0 Å². The van der Waals surface area contributed by atoms with Gasteiger partial charge in [0.15, 0.2) is 0 Å². The van der Waals surface area contributed by atoms with Crippen molar-refractivity contribution in [3.05, 3.63) is 16.4 Å². The zero-order valence-electron chi connectivity index (χ0n) is 13.0. The largest absolute Gasteiger partial charge is 0.311 e. The lowest BCUT2D eigenvalue weighted by Gasteiger charge is -2.31. The van der Waals surface area contributed by atoms with E-state index in [-0.39, 0.29) is 0 Å². The lowest BCUT2D eigenvalue weighted by Crippen LogP contribution is -2.37. The van der Waals surface area contributed by atoms with Gasteiger partial charge in [0, 0.05) is 13.6 Å². The van der Waals surface area contributed by atoms with Gasteiger partial charge in [-0.05, 0) is 51.4 Å². The van der Waals surface area contributed by atoms with Gasteiger partial charge >= 0.3 is 0 Å². The quantitative estimate of drug-likeness (QED) is 0.876. The third-order valence-electron chi connectivity index (χ3n) is 4.38. The molecule has 0 saturated carbocycles. The number of aryl methyl sites for hydroxylation is 2. The van der Waals surface area contributed by atoms with E-state index in [9.17, 15) is 0 Å². The van der Waals surface area contributed by atoms with E-state index in [0.717, 1.165) is 41.8 Å². The van der Waals surface area contributed by atoms with Gasteiger partial charge in [-0.2, -0.15) is 5.10 Å². The Kier molecular flexibility index (Phi) is 5.87. The van der Waals surface area contributed by atoms with Gasteiger partial charge in [0.2, 0.25) is 0 Å². The summed E-state index contributed by atoms with van der Waals surface area (Å²) in [7, 11) is 1.97. The molecule has 0 bridgehead atoms. The van der Waals surface area contributed by atoms with Gasteiger partial charge in [0.25, 0.3) is 0 Å². The molecule has 2 heterocycles. The summed E-state index contributed by atoms with van der Waals surface area (Å²) in [4.78, 5) is 2.53. The number of piperidine rings is 1. The van der Waals surface area contributed by atoms with E-state index in [1.807, 2.05) is 11.7 Å². The molecule has 2 rings (SSSR count). The SMILES string of the molecule is CCc1nn(C)c(CNCC2CCN(CC)CC2)c1Cl. The first kappa shape index (κ1) is 15.8. The average molecular weight is 299 g/mol. The Hall–Kier alpha value is -0.580. The highest BCUT2D eigenvalue weighted by molar-refractivity contribution is 6.31. The summed E-state index contributed by atoms with van der Waals surface area (Å²) in [6.07, 6.45) is 3.50. The van der Waals surface area contributed by atoms with Crippen LogP contribution in [-0.2, 0) is 20.0 Å². The predicted octanol–water partition coefficient (Wildman–Crippen LogP) is 2.46. The van der Waals surface area contributed by atoms with E-state index < -0.39 is 0 Å². The normalized spacial score (nSPS) is 17.8. The Morgan fingerprint density at radius 1 is 1.30 bits per heavy atom. The molecule has 1 aliphatic rings. The molecule has 20 heavy (non-hydrogen) atoms. The van der Waals surface area contributed by atoms with Gasteiger partial charge < -0.3 is 10.2 Å². The van der Waals surface area contributed by atoms with Crippen LogP contribution in [0.1, 0.15) is 38.1 Å². The van der Waals surface area contributed by atoms with Crippen LogP contribution in [-0.4, -0.2) is 40.9 Å². The van der Waals surface area contributed by atoms with Gasteiger partial charge in [-0.25, -0.2) is 0 Å². The van der Waals surface area contributed by atoms with E-state index in [0.29, 0.717) is 0 Å². The maximum absolute atomic E-state index is 6.36. The van der Waals surface area contributed by atoms with Gasteiger partial charge in [-0.1, -0.05) is 25.4 Å². The monoisotopic (exact) mass is 298 g/mol. The molecule has 114 valence electrons. The Morgan fingerprint density at radius 3 is 2.55 bits per heavy atom. The van der Waals surface area contributed by atoms with E-state index in [2.05, 4.69) is 29.2 Å². The predicted molar refractivity (Wildman–Crippen MR) is 84.1 cm³/mol. The second-order valence-corrected chi connectivity index (χ2v) is 6.07. The minimum absolute atomic E-state index is 0.801. The van der Waals surface area contributed by atoms with E-state index in [1.165, 1.54) is 32.5 Å². The first-order chi connectivity index (χ1) is 9.65. The van der Waals surface area contributed by atoms with Crippen molar-refractivity contribution in [3.63, 3.8) is 0 Å². The van der Waals surface area contributed by atoms with Crippen LogP contribution in [0.4, 0.5) is 0 Å². The van der Waals surface area contributed by atoms with Crippen LogP contribution < -0.4 is 5.32 Å². The van der Waals surface area contributed by atoms with Crippen LogP contribution in [0.2, 0.25) is 5.02 Å². The van der Waals surface area contributed by atoms with Crippen LogP contribution in [0, 0.1) is 5.92 Å². The molecule has 0 aliphatic carbocycles. The third kappa shape index (κ3) is 3.74. The fraction of sp³-hybridized carbons (Fsp3) is 0.800. The molecule has 0 amide bonds. The van der Waals surface area contributed by atoms with Gasteiger partial charge in [0.1, 0.15) is 0 Å². The van der Waals surface area contributed by atoms with Crippen molar-refractivity contribution in [1.82, 2.24) is 20.0 Å². The smallest absolute Gasteiger partial charge is 0.0863 e. The van der Waals surface area contributed by atoms with Gasteiger partial charge in [0.05, 0.1) is 16.4 Å². The first-order valence-corrected chi connectivity index (χ1v) is 8.16. The summed E-state index contributed by atoms with van der Waals surface area (Å²) in [5, 5.41) is 8.85. The molecular weight excluding hydrogens is 272 g/mol. The summed E-state index contributed by atoms with van der Waals surface area (Å²) in [6.45, 7) is 9.91. The first-order valence-electron chi connectivity index (χ1n) is 7.79. The molecule has 0 unspecified atom stereocenters. The number of aromatic nitrogens is 2. The zero-order valence-corrected chi connectivity index (χ0v) is 13.7. The standard InChI is InChI=1S/C15H27ClN4/c1-4-13-15(16)14(19(3)18-13)11-17-10-12-6-8-20(5-2)9-7-12/h12,17H,4-11H2,1-3H3. The number of nitrogens with zero attached hydrogens (tertiary/aromatic N) is 3. The van der Waals surface area contributed by atoms with Gasteiger partial charge in [-0.15, -0.1) is 0 Å². The zero-order chi connectivity index (χ0) is 14.5. The topological polar surface area (TPSA) is 33.1 Å². The Bertz CT molecular complexity index is 422. The molecule has 0 radical (unpaired) electrons. The van der Waals surface area contributed by atoms with E-state index >= 15 is 0 Å². The molecule has 0 spiro atoms. The third-order valence-corrected chi connectivity index (χ3v) is 4.82. The summed E-state index contributed by atoms with van der Waals surface area (Å²) in [5.74, 6) is 0.801. The highest BCUT2D eigenvalue weighted by Crippen LogP contribution is 2.21. The van der Waals surface area contributed by atoms with Crippen LogP contribution in [0.15, 0.2) is 0 Å². The molecule has 1 fully saturated rings. The van der Waals surface area contributed by atoms with Crippen molar-refractivity contribution in [1.29, 1.82) is 0 Å². The van der Waals surface area contributed by atoms with Crippen molar-refractivity contribution in [2.75, 3.05) is 26.2 Å². The molecule has 0 atom stereocenters.